The maximum Gasteiger partial charge on any atom is 0.232 e. The van der Waals surface area contributed by atoms with Gasteiger partial charge in [0.1, 0.15) is 12.4 Å². The Kier molecular flexibility index (Phi) is 6.71. The van der Waals surface area contributed by atoms with Crippen LogP contribution in [0.5, 0.6) is 5.75 Å². The monoisotopic (exact) mass is 387 g/mol. The van der Waals surface area contributed by atoms with E-state index in [1.807, 2.05) is 72.8 Å². The van der Waals surface area contributed by atoms with Gasteiger partial charge in [-0.05, 0) is 34.2 Å². The van der Waals surface area contributed by atoms with Crippen LogP contribution < -0.4 is 10.1 Å². The van der Waals surface area contributed by atoms with Gasteiger partial charge in [0.15, 0.2) is 0 Å². The number of rotatable bonds is 7. The van der Waals surface area contributed by atoms with Gasteiger partial charge in [-0.25, -0.2) is 0 Å². The van der Waals surface area contributed by atoms with Crippen LogP contribution in [-0.2, 0) is 10.2 Å². The third-order valence-electron chi connectivity index (χ3n) is 4.92. The quantitative estimate of drug-likeness (QED) is 0.558. The second-order valence-corrected chi connectivity index (χ2v) is 8.17. The van der Waals surface area contributed by atoms with Crippen LogP contribution in [0, 0.1) is 0 Å². The highest BCUT2D eigenvalue weighted by Crippen LogP contribution is 2.25. The minimum atomic E-state index is -0.330. The molecule has 0 aromatic heterocycles. The maximum atomic E-state index is 12.9. The van der Waals surface area contributed by atoms with Crippen LogP contribution in [0.2, 0.25) is 0 Å². The summed E-state index contributed by atoms with van der Waals surface area (Å²) < 4.78 is 5.80. The lowest BCUT2D eigenvalue weighted by atomic mass is 9.87. The number of ether oxygens (including phenoxy) is 1. The molecule has 3 nitrogen and oxygen atoms in total. The Balaban J connectivity index is 1.58. The van der Waals surface area contributed by atoms with Crippen molar-refractivity contribution in [2.24, 2.45) is 0 Å². The SMILES string of the molecule is CC(C)(C)c1ccc(OCCNC(=O)C(c2ccccc2)c2ccccc2)cc1. The fraction of sp³-hybridized carbons (Fsp3) is 0.269. The first-order valence-corrected chi connectivity index (χ1v) is 10.1. The molecular weight excluding hydrogens is 358 g/mol. The molecule has 0 aliphatic carbocycles. The molecule has 0 bridgehead atoms. The van der Waals surface area contributed by atoms with Crippen LogP contribution in [0.15, 0.2) is 84.9 Å². The Hall–Kier alpha value is -3.07. The topological polar surface area (TPSA) is 38.3 Å². The second-order valence-electron chi connectivity index (χ2n) is 8.17. The van der Waals surface area contributed by atoms with Crippen molar-refractivity contribution in [2.45, 2.75) is 32.1 Å². The second kappa shape index (κ2) is 9.42. The summed E-state index contributed by atoms with van der Waals surface area (Å²) in [6.07, 6.45) is 0. The average molecular weight is 388 g/mol. The van der Waals surface area contributed by atoms with Crippen molar-refractivity contribution in [3.63, 3.8) is 0 Å². The largest absolute Gasteiger partial charge is 0.492 e. The molecule has 0 fully saturated rings. The van der Waals surface area contributed by atoms with Crippen molar-refractivity contribution >= 4 is 5.91 Å². The van der Waals surface area contributed by atoms with Crippen LogP contribution in [0.4, 0.5) is 0 Å². The van der Waals surface area contributed by atoms with Crippen molar-refractivity contribution in [1.82, 2.24) is 5.32 Å². The number of amides is 1. The van der Waals surface area contributed by atoms with E-state index >= 15 is 0 Å². The third-order valence-corrected chi connectivity index (χ3v) is 4.92. The molecule has 0 aliphatic heterocycles. The Labute approximate surface area is 173 Å². The molecule has 3 heteroatoms. The summed E-state index contributed by atoms with van der Waals surface area (Å²) in [5.41, 5.74) is 3.35. The summed E-state index contributed by atoms with van der Waals surface area (Å²) in [5, 5.41) is 3.02. The van der Waals surface area contributed by atoms with E-state index in [0.29, 0.717) is 13.2 Å². The number of nitrogens with one attached hydrogen (secondary N) is 1. The first kappa shape index (κ1) is 20.7. The molecule has 0 heterocycles. The fourth-order valence-corrected chi connectivity index (χ4v) is 3.28. The first-order valence-electron chi connectivity index (χ1n) is 10.1. The Morgan fingerprint density at radius 1 is 0.828 bits per heavy atom. The van der Waals surface area contributed by atoms with Gasteiger partial charge in [-0.15, -0.1) is 0 Å². The predicted molar refractivity (Wildman–Crippen MR) is 118 cm³/mol. The predicted octanol–water partition coefficient (Wildman–Crippen LogP) is 5.31. The number of benzene rings is 3. The molecule has 0 radical (unpaired) electrons. The molecular formula is C26H29NO2. The normalized spacial score (nSPS) is 11.3. The average Bonchev–Trinajstić information content (AvgIpc) is 2.73. The van der Waals surface area contributed by atoms with E-state index in [1.54, 1.807) is 0 Å². The van der Waals surface area contributed by atoms with Gasteiger partial charge >= 0.3 is 0 Å². The third kappa shape index (κ3) is 5.71. The van der Waals surface area contributed by atoms with E-state index in [2.05, 4.69) is 38.2 Å². The fourth-order valence-electron chi connectivity index (χ4n) is 3.28. The molecule has 0 saturated heterocycles. The summed E-state index contributed by atoms with van der Waals surface area (Å²) in [6, 6.07) is 27.9. The van der Waals surface area contributed by atoms with Crippen LogP contribution in [-0.4, -0.2) is 19.1 Å². The van der Waals surface area contributed by atoms with Gasteiger partial charge in [0, 0.05) is 0 Å². The molecule has 1 amide bonds. The summed E-state index contributed by atoms with van der Waals surface area (Å²) in [6.45, 7) is 7.45. The molecule has 3 aromatic rings. The van der Waals surface area contributed by atoms with Crippen molar-refractivity contribution in [1.29, 1.82) is 0 Å². The first-order chi connectivity index (χ1) is 13.9. The van der Waals surface area contributed by atoms with Crippen molar-refractivity contribution in [3.8, 4) is 5.75 Å². The van der Waals surface area contributed by atoms with E-state index < -0.39 is 0 Å². The standard InChI is InChI=1S/C26H29NO2/c1-26(2,3)22-14-16-23(17-15-22)29-19-18-27-25(28)24(20-10-6-4-7-11-20)21-12-8-5-9-13-21/h4-17,24H,18-19H2,1-3H3,(H,27,28). The molecule has 1 N–H and O–H groups in total. The lowest BCUT2D eigenvalue weighted by Crippen LogP contribution is -2.33. The summed E-state index contributed by atoms with van der Waals surface area (Å²) in [7, 11) is 0. The molecule has 150 valence electrons. The maximum absolute atomic E-state index is 12.9. The van der Waals surface area contributed by atoms with Gasteiger partial charge in [0.2, 0.25) is 5.91 Å². The minimum Gasteiger partial charge on any atom is -0.492 e. The van der Waals surface area contributed by atoms with E-state index in [1.165, 1.54) is 5.56 Å². The van der Waals surface area contributed by atoms with Crippen LogP contribution >= 0.6 is 0 Å². The van der Waals surface area contributed by atoms with E-state index in [4.69, 9.17) is 4.74 Å². The smallest absolute Gasteiger partial charge is 0.232 e. The summed E-state index contributed by atoms with van der Waals surface area (Å²) in [5.74, 6) is 0.465. The number of carbonyl (C=O) groups excluding carboxylic acids is 1. The van der Waals surface area contributed by atoms with Gasteiger partial charge in [-0.2, -0.15) is 0 Å². The van der Waals surface area contributed by atoms with Gasteiger partial charge in [0.25, 0.3) is 0 Å². The molecule has 0 atom stereocenters. The van der Waals surface area contributed by atoms with Crippen LogP contribution in [0.25, 0.3) is 0 Å². The van der Waals surface area contributed by atoms with E-state index in [-0.39, 0.29) is 17.2 Å². The van der Waals surface area contributed by atoms with Crippen LogP contribution in [0.3, 0.4) is 0 Å². The summed E-state index contributed by atoms with van der Waals surface area (Å²) >= 11 is 0. The molecule has 29 heavy (non-hydrogen) atoms. The molecule has 0 unspecified atom stereocenters. The Morgan fingerprint density at radius 3 is 1.83 bits per heavy atom. The molecule has 3 aromatic carbocycles. The highest BCUT2D eigenvalue weighted by molar-refractivity contribution is 5.87. The zero-order chi connectivity index (χ0) is 20.7. The number of hydrogen-bond acceptors (Lipinski definition) is 2. The lowest BCUT2D eigenvalue weighted by Gasteiger charge is -2.19. The molecule has 0 aliphatic rings. The number of hydrogen-bond donors (Lipinski definition) is 1. The van der Waals surface area contributed by atoms with Crippen molar-refractivity contribution in [3.05, 3.63) is 102 Å². The molecule has 3 rings (SSSR count). The van der Waals surface area contributed by atoms with Gasteiger partial charge < -0.3 is 10.1 Å². The number of carbonyl (C=O) groups is 1. The Bertz CT molecular complexity index is 857. The zero-order valence-electron chi connectivity index (χ0n) is 17.4. The highest BCUT2D eigenvalue weighted by Gasteiger charge is 2.22. The van der Waals surface area contributed by atoms with E-state index in [9.17, 15) is 4.79 Å². The van der Waals surface area contributed by atoms with Gasteiger partial charge in [0.05, 0.1) is 12.5 Å². The zero-order valence-corrected chi connectivity index (χ0v) is 17.4. The minimum absolute atomic E-state index is 0.0194. The highest BCUT2D eigenvalue weighted by atomic mass is 16.5. The summed E-state index contributed by atoms with van der Waals surface area (Å²) in [4.78, 5) is 12.9. The van der Waals surface area contributed by atoms with Gasteiger partial charge in [-0.1, -0.05) is 93.6 Å². The van der Waals surface area contributed by atoms with Crippen molar-refractivity contribution < 1.29 is 9.53 Å². The lowest BCUT2D eigenvalue weighted by molar-refractivity contribution is -0.121. The molecule has 0 saturated carbocycles. The Morgan fingerprint density at radius 2 is 1.34 bits per heavy atom. The van der Waals surface area contributed by atoms with Crippen LogP contribution in [0.1, 0.15) is 43.4 Å². The van der Waals surface area contributed by atoms with E-state index in [0.717, 1.165) is 16.9 Å². The van der Waals surface area contributed by atoms with Gasteiger partial charge in [-0.3, -0.25) is 4.79 Å². The molecule has 0 spiro atoms. The van der Waals surface area contributed by atoms with Crippen molar-refractivity contribution in [2.75, 3.05) is 13.2 Å².